The number of aromatic amines is 1. The van der Waals surface area contributed by atoms with Crippen LogP contribution < -0.4 is 5.32 Å². The number of amides is 2. The number of hydrogen-bond donors (Lipinski definition) is 2. The lowest BCUT2D eigenvalue weighted by Crippen LogP contribution is -2.39. The molecule has 3 rings (SSSR count). The maximum atomic E-state index is 12.2. The fourth-order valence-corrected chi connectivity index (χ4v) is 3.06. The maximum absolute atomic E-state index is 12.2. The lowest BCUT2D eigenvalue weighted by molar-refractivity contribution is -0.129. The molecule has 1 atom stereocenters. The highest BCUT2D eigenvalue weighted by Gasteiger charge is 2.31. The number of carbonyl (C=O) groups excluding carboxylic acids is 2. The molecule has 22 heavy (non-hydrogen) atoms. The van der Waals surface area contributed by atoms with Crippen LogP contribution in [0, 0.1) is 0 Å². The normalized spacial score (nSPS) is 18.4. The third kappa shape index (κ3) is 2.84. The number of likely N-dealkylation sites (tertiary alicyclic amines) is 1. The molecule has 0 radical (unpaired) electrons. The first-order valence-electron chi connectivity index (χ1n) is 7.68. The van der Waals surface area contributed by atoms with Crippen molar-refractivity contribution >= 4 is 22.7 Å². The molecule has 0 saturated carbocycles. The first-order valence-corrected chi connectivity index (χ1v) is 7.68. The summed E-state index contributed by atoms with van der Waals surface area (Å²) in [6.07, 6.45) is 2.61. The van der Waals surface area contributed by atoms with Gasteiger partial charge in [-0.15, -0.1) is 0 Å². The van der Waals surface area contributed by atoms with Crippen LogP contribution in [0.4, 0.5) is 0 Å². The zero-order valence-corrected chi connectivity index (χ0v) is 12.9. The molecular formula is C17H21N3O2. The lowest BCUT2D eigenvalue weighted by atomic mass is 10.1. The van der Waals surface area contributed by atoms with Gasteiger partial charge in [0, 0.05) is 36.1 Å². The van der Waals surface area contributed by atoms with Crippen molar-refractivity contribution in [3.63, 3.8) is 0 Å². The highest BCUT2D eigenvalue weighted by molar-refractivity contribution is 5.89. The molecule has 0 spiro atoms. The highest BCUT2D eigenvalue weighted by atomic mass is 16.2. The molecule has 1 aliphatic rings. The SMILES string of the molecule is CC(C)N1CC(NC(=O)Cc2c[nH]c3ccccc23)CC1=O. The zero-order chi connectivity index (χ0) is 15.7. The maximum Gasteiger partial charge on any atom is 0.225 e. The van der Waals surface area contributed by atoms with Crippen LogP contribution in [-0.2, 0) is 16.0 Å². The highest BCUT2D eigenvalue weighted by Crippen LogP contribution is 2.19. The zero-order valence-electron chi connectivity index (χ0n) is 12.9. The molecule has 1 fully saturated rings. The number of carbonyl (C=O) groups is 2. The second kappa shape index (κ2) is 5.83. The van der Waals surface area contributed by atoms with Crippen LogP contribution in [-0.4, -0.2) is 40.3 Å². The predicted octanol–water partition coefficient (Wildman–Crippen LogP) is 1.84. The van der Waals surface area contributed by atoms with E-state index in [2.05, 4.69) is 10.3 Å². The number of H-pyrrole nitrogens is 1. The second-order valence-electron chi connectivity index (χ2n) is 6.14. The Labute approximate surface area is 129 Å². The van der Waals surface area contributed by atoms with Gasteiger partial charge in [0.05, 0.1) is 12.5 Å². The van der Waals surface area contributed by atoms with Gasteiger partial charge in [0.25, 0.3) is 0 Å². The van der Waals surface area contributed by atoms with Gasteiger partial charge in [-0.25, -0.2) is 0 Å². The number of nitrogens with zero attached hydrogens (tertiary/aromatic N) is 1. The third-order valence-electron chi connectivity index (χ3n) is 4.17. The summed E-state index contributed by atoms with van der Waals surface area (Å²) < 4.78 is 0. The van der Waals surface area contributed by atoms with Gasteiger partial charge in [-0.2, -0.15) is 0 Å². The van der Waals surface area contributed by atoms with Crippen LogP contribution in [0.2, 0.25) is 0 Å². The number of aromatic nitrogens is 1. The van der Waals surface area contributed by atoms with Crippen LogP contribution in [0.25, 0.3) is 10.9 Å². The van der Waals surface area contributed by atoms with Crippen LogP contribution in [0.5, 0.6) is 0 Å². The minimum Gasteiger partial charge on any atom is -0.361 e. The molecule has 0 aliphatic carbocycles. The number of nitrogens with one attached hydrogen (secondary N) is 2. The number of rotatable bonds is 4. The molecule has 2 heterocycles. The van der Waals surface area contributed by atoms with Gasteiger partial charge >= 0.3 is 0 Å². The summed E-state index contributed by atoms with van der Waals surface area (Å²) in [6.45, 7) is 4.60. The number of hydrogen-bond acceptors (Lipinski definition) is 2. The monoisotopic (exact) mass is 299 g/mol. The first kappa shape index (κ1) is 14.6. The van der Waals surface area contributed by atoms with Crippen LogP contribution in [0.3, 0.4) is 0 Å². The topological polar surface area (TPSA) is 65.2 Å². The minimum atomic E-state index is -0.0763. The number of benzene rings is 1. The van der Waals surface area contributed by atoms with Crippen molar-refractivity contribution in [1.29, 1.82) is 0 Å². The van der Waals surface area contributed by atoms with Crippen molar-refractivity contribution in [2.75, 3.05) is 6.54 Å². The minimum absolute atomic E-state index is 0.0341. The summed E-state index contributed by atoms with van der Waals surface area (Å²) in [5.74, 6) is 0.0838. The Bertz CT molecular complexity index is 705. The Morgan fingerprint density at radius 1 is 1.41 bits per heavy atom. The Morgan fingerprint density at radius 2 is 2.18 bits per heavy atom. The fourth-order valence-electron chi connectivity index (χ4n) is 3.06. The molecule has 0 bridgehead atoms. The largest absolute Gasteiger partial charge is 0.361 e. The first-order chi connectivity index (χ1) is 10.5. The second-order valence-corrected chi connectivity index (χ2v) is 6.14. The Hall–Kier alpha value is -2.30. The smallest absolute Gasteiger partial charge is 0.225 e. The molecule has 1 saturated heterocycles. The van der Waals surface area contributed by atoms with Gasteiger partial charge in [0.15, 0.2) is 0 Å². The van der Waals surface area contributed by atoms with Crippen molar-refractivity contribution in [2.24, 2.45) is 0 Å². The standard InChI is InChI=1S/C17H21N3O2/c1-11(2)20-10-13(8-17(20)22)19-16(21)7-12-9-18-15-6-4-3-5-14(12)15/h3-6,9,11,13,18H,7-8,10H2,1-2H3,(H,19,21). The third-order valence-corrected chi connectivity index (χ3v) is 4.17. The van der Waals surface area contributed by atoms with Gasteiger partial charge in [-0.1, -0.05) is 18.2 Å². The van der Waals surface area contributed by atoms with Crippen LogP contribution in [0.1, 0.15) is 25.8 Å². The van der Waals surface area contributed by atoms with E-state index in [-0.39, 0.29) is 23.9 Å². The molecule has 2 aromatic rings. The number of fused-ring (bicyclic) bond motifs is 1. The van der Waals surface area contributed by atoms with Gasteiger partial charge in [0.1, 0.15) is 0 Å². The van der Waals surface area contributed by atoms with E-state index < -0.39 is 0 Å². The molecule has 5 heteroatoms. The van der Waals surface area contributed by atoms with E-state index in [9.17, 15) is 9.59 Å². The molecule has 5 nitrogen and oxygen atoms in total. The molecule has 1 unspecified atom stereocenters. The van der Waals surface area contributed by atoms with Gasteiger partial charge in [-0.3, -0.25) is 9.59 Å². The summed E-state index contributed by atoms with van der Waals surface area (Å²) in [5.41, 5.74) is 2.02. The summed E-state index contributed by atoms with van der Waals surface area (Å²) in [5, 5.41) is 4.05. The molecule has 1 aromatic carbocycles. The van der Waals surface area contributed by atoms with Crippen molar-refractivity contribution in [1.82, 2.24) is 15.2 Å². The van der Waals surface area contributed by atoms with E-state index in [1.807, 2.05) is 49.2 Å². The van der Waals surface area contributed by atoms with E-state index >= 15 is 0 Å². The Kier molecular flexibility index (Phi) is 3.88. The molecular weight excluding hydrogens is 278 g/mol. The Balaban J connectivity index is 1.63. The van der Waals surface area contributed by atoms with Crippen molar-refractivity contribution in [2.45, 2.75) is 38.8 Å². The van der Waals surface area contributed by atoms with E-state index in [0.29, 0.717) is 19.4 Å². The quantitative estimate of drug-likeness (QED) is 0.904. The van der Waals surface area contributed by atoms with Gasteiger partial charge in [0.2, 0.25) is 11.8 Å². The van der Waals surface area contributed by atoms with Crippen molar-refractivity contribution in [3.8, 4) is 0 Å². The predicted molar refractivity (Wildman–Crippen MR) is 85.4 cm³/mol. The summed E-state index contributed by atoms with van der Waals surface area (Å²) in [4.78, 5) is 29.1. The number of para-hydroxylation sites is 1. The lowest BCUT2D eigenvalue weighted by Gasteiger charge is -2.21. The van der Waals surface area contributed by atoms with Crippen LogP contribution in [0.15, 0.2) is 30.5 Å². The van der Waals surface area contributed by atoms with Crippen molar-refractivity contribution < 1.29 is 9.59 Å². The summed E-state index contributed by atoms with van der Waals surface area (Å²) >= 11 is 0. The average molecular weight is 299 g/mol. The van der Waals surface area contributed by atoms with Gasteiger partial charge < -0.3 is 15.2 Å². The molecule has 116 valence electrons. The van der Waals surface area contributed by atoms with E-state index in [1.54, 1.807) is 0 Å². The molecule has 1 aromatic heterocycles. The molecule has 2 N–H and O–H groups in total. The fraction of sp³-hybridized carbons (Fsp3) is 0.412. The summed E-state index contributed by atoms with van der Waals surface area (Å²) in [6, 6.07) is 8.04. The van der Waals surface area contributed by atoms with E-state index in [1.165, 1.54) is 0 Å². The van der Waals surface area contributed by atoms with Crippen LogP contribution >= 0.6 is 0 Å². The van der Waals surface area contributed by atoms with Gasteiger partial charge in [-0.05, 0) is 25.5 Å². The molecule has 2 amide bonds. The summed E-state index contributed by atoms with van der Waals surface area (Å²) in [7, 11) is 0. The van der Waals surface area contributed by atoms with E-state index in [0.717, 1.165) is 16.5 Å². The Morgan fingerprint density at radius 3 is 2.91 bits per heavy atom. The van der Waals surface area contributed by atoms with Crippen molar-refractivity contribution in [3.05, 3.63) is 36.0 Å². The average Bonchev–Trinajstić information content (AvgIpc) is 3.03. The molecule has 1 aliphatic heterocycles. The van der Waals surface area contributed by atoms with E-state index in [4.69, 9.17) is 0 Å².